The molecule has 1 aromatic heterocycles. The third kappa shape index (κ3) is 26.0. The minimum Gasteiger partial charge on any atom is -0.508 e. The third-order valence-electron chi connectivity index (χ3n) is 22.3. The molecule has 4 aromatic carbocycles. The molecule has 4 bridgehead atoms. The standard InChI is InChI=1S/C85H113ClN14O20S4/c1-45-20-19-26-65(117-11)85(115)41-64(118-82(114)98-85)46(2)72-84(7,120-72)66(40-68(104)100(9)62-37-51(34-45)38-63(116-10)69(62)86)119-81(113)47(3)99(8)67(103)31-33-121-124-83(5,6)71(73(89)105)97-79(111)61-44-123-122-43-60(94-74(106)55(88)35-49-21-13-12-14-22-49)78(110)92-58(36-50-27-29-53(102)30-28-50)76(108)93-59(39-52-42-90-56-24-16-15-23-54(52)56)77(109)91-57(25-17-18-32-87)75(107)96-70(48(4)101)80(112)95-61/h12-16,19-24,26-30,37-38,42,46-48,55,57-61,64-66,70-72,90,101-102,115H,17-18,25,31-36,39-41,43-44,87-88H2,1-11H3,(H2,89,105)(H,91,109)(H,92,110)(H,93,108)(H,94,106)(H,95,112)(H,96,107)(H,97,111)(H,98,114)/b26-19+,45-20+/t46-,47+,48-,55-,57+,58+,59-,60+,61+,64+,65-,66+,70+,71-,72+,84+,85+/m1/s1. The van der Waals surface area contributed by atoms with Crippen molar-refractivity contribution in [1.82, 2.24) is 52.4 Å². The van der Waals surface area contributed by atoms with Crippen LogP contribution < -0.4 is 69.4 Å². The molecule has 9 rings (SSSR count). The van der Waals surface area contributed by atoms with Gasteiger partial charge in [0, 0.05) is 91.9 Å². The number of fused-ring (bicyclic) bond motifs is 6. The molecule has 4 aliphatic rings. The number of phenols is 1. The van der Waals surface area contributed by atoms with Crippen molar-refractivity contribution in [1.29, 1.82) is 0 Å². The highest BCUT2D eigenvalue weighted by atomic mass is 35.5. The number of likely N-dealkylation sites (N-methyl/N-ethyl adjacent to an activating group) is 1. The van der Waals surface area contributed by atoms with Crippen LogP contribution in [-0.2, 0) is 97.4 Å². The number of aromatic nitrogens is 1. The number of unbranched alkanes of at least 4 members (excludes halogenated alkanes) is 1. The van der Waals surface area contributed by atoms with Crippen LogP contribution in [-0.4, -0.2) is 249 Å². The Bertz CT molecular complexity index is 4720. The molecule has 11 amide bonds. The molecule has 0 radical (unpaired) electrons. The summed E-state index contributed by atoms with van der Waals surface area (Å²) in [4.78, 5) is 180. The molecule has 3 saturated heterocycles. The average molecular weight is 1810 g/mol. The highest BCUT2D eigenvalue weighted by Crippen LogP contribution is 2.50. The van der Waals surface area contributed by atoms with E-state index in [-0.39, 0.29) is 91.0 Å². The summed E-state index contributed by atoms with van der Waals surface area (Å²) in [6.45, 7) is 11.2. The number of ether oxygens (including phenoxy) is 5. The molecular weight excluding hydrogens is 1700 g/mol. The van der Waals surface area contributed by atoms with Gasteiger partial charge in [0.15, 0.2) is 5.72 Å². The lowest BCUT2D eigenvalue weighted by Crippen LogP contribution is -2.63. The SMILES string of the molecule is COc1cc2cc(c1Cl)N(C)C(=O)C[C@H](OC(=O)[C@H](C)N(C)C(=O)CCSSC(C)(C)[C@H](NC(=O)[C@@H]1CSSC[C@H](NC(=O)[C@H](N)Cc3ccccc3)C(=O)N[C@@H](Cc3ccc(O)cc3)C(=O)N[C@H](Cc3c[nH]c4ccccc34)C(=O)N[C@@H](CCCCN)C(=O)N[C@@H]([C@@H](C)O)C(=O)N1)C(N)=O)[C@]1(C)O[C@H]1[C@H](C)[C@@H]1C[C@@](O)(NC(=O)O1)[C@H](OC)/C=C/C=C(\C)C2. The second-order valence-electron chi connectivity index (χ2n) is 32.1. The Hall–Kier alpha value is -9.61. The number of phenolic OH excluding ortho intramolecular Hbond substituents is 1. The molecule has 124 heavy (non-hydrogen) atoms. The number of nitrogens with one attached hydrogen (secondary N) is 9. The molecular formula is C85H113ClN14O20S4. The quantitative estimate of drug-likeness (QED) is 0.0152. The summed E-state index contributed by atoms with van der Waals surface area (Å²) in [6, 6.07) is 11.9. The van der Waals surface area contributed by atoms with Gasteiger partial charge in [-0.05, 0) is 133 Å². The second-order valence-corrected chi connectivity index (χ2v) is 38.1. The number of H-pyrrole nitrogens is 1. The number of allylic oxidation sites excluding steroid dienone is 3. The van der Waals surface area contributed by atoms with E-state index in [2.05, 4.69) is 47.5 Å². The van der Waals surface area contributed by atoms with Crippen LogP contribution in [0.1, 0.15) is 109 Å². The first kappa shape index (κ1) is 98.2. The number of amides is 11. The van der Waals surface area contributed by atoms with Crippen molar-refractivity contribution in [3.05, 3.63) is 148 Å². The number of hydrogen-bond acceptors (Lipinski definition) is 26. The van der Waals surface area contributed by atoms with Crippen LogP contribution >= 0.6 is 54.8 Å². The number of carbonyl (C=O) groups is 12. The zero-order valence-corrected chi connectivity index (χ0v) is 75.0. The van der Waals surface area contributed by atoms with E-state index >= 15 is 19.2 Å². The molecule has 0 spiro atoms. The number of para-hydroxylation sites is 1. The predicted molar refractivity (Wildman–Crippen MR) is 474 cm³/mol. The van der Waals surface area contributed by atoms with E-state index in [1.165, 1.54) is 71.3 Å². The van der Waals surface area contributed by atoms with E-state index in [9.17, 15) is 53.7 Å². The summed E-state index contributed by atoms with van der Waals surface area (Å²) in [6.07, 6.45) is -0.341. The van der Waals surface area contributed by atoms with Gasteiger partial charge in [-0.1, -0.05) is 146 Å². The van der Waals surface area contributed by atoms with Crippen LogP contribution in [0.25, 0.3) is 10.9 Å². The van der Waals surface area contributed by atoms with Gasteiger partial charge < -0.3 is 108 Å². The number of nitrogens with zero attached hydrogens (tertiary/aromatic N) is 2. The Morgan fingerprint density at radius 3 is 2.19 bits per heavy atom. The number of rotatable bonds is 27. The number of methoxy groups -OCH3 is 2. The number of primary amides is 1. The number of anilines is 1. The van der Waals surface area contributed by atoms with Crippen LogP contribution in [0, 0.1) is 5.92 Å². The topological polar surface area (TPSA) is 512 Å². The van der Waals surface area contributed by atoms with Crippen molar-refractivity contribution in [2.75, 3.05) is 57.0 Å². The van der Waals surface area contributed by atoms with Crippen molar-refractivity contribution in [2.45, 2.75) is 214 Å². The first-order valence-corrected chi connectivity index (χ1v) is 45.8. The van der Waals surface area contributed by atoms with Gasteiger partial charge >= 0.3 is 12.1 Å². The molecule has 0 aliphatic carbocycles. The fourth-order valence-electron chi connectivity index (χ4n) is 14.7. The summed E-state index contributed by atoms with van der Waals surface area (Å²) in [5, 5.41) is 55.9. The average Bonchev–Trinajstić information content (AvgIpc) is 1.57. The third-order valence-corrected chi connectivity index (χ3v) is 28.4. The molecule has 17 atom stereocenters. The molecule has 0 unspecified atom stereocenters. The fourth-order valence-corrected chi connectivity index (χ4v) is 20.0. The van der Waals surface area contributed by atoms with Gasteiger partial charge in [-0.3, -0.25) is 53.3 Å². The maximum Gasteiger partial charge on any atom is 0.409 e. The van der Waals surface area contributed by atoms with E-state index in [0.717, 1.165) is 53.6 Å². The summed E-state index contributed by atoms with van der Waals surface area (Å²) in [7, 11) is 9.76. The predicted octanol–water partition coefficient (Wildman–Crippen LogP) is 4.09. The fraction of sp³-hybridized carbons (Fsp3) is 0.506. The van der Waals surface area contributed by atoms with Crippen LogP contribution in [0.2, 0.25) is 5.02 Å². The van der Waals surface area contributed by atoms with Crippen molar-refractivity contribution >= 4 is 143 Å². The largest absolute Gasteiger partial charge is 0.508 e. The number of aliphatic hydroxyl groups excluding tert-OH is 1. The molecule has 3 fully saturated rings. The molecule has 39 heteroatoms. The first-order chi connectivity index (χ1) is 58.8. The Morgan fingerprint density at radius 1 is 0.855 bits per heavy atom. The van der Waals surface area contributed by atoms with Gasteiger partial charge in [-0.2, -0.15) is 0 Å². The number of benzene rings is 4. The molecule has 0 saturated carbocycles. The lowest BCUT2D eigenvalue weighted by Gasteiger charge is -2.42. The summed E-state index contributed by atoms with van der Waals surface area (Å²) < 4.78 is 28.4. The monoisotopic (exact) mass is 1810 g/mol. The number of hydrogen-bond donors (Lipinski definition) is 15. The number of alkyl carbamates (subject to hydrolysis) is 1. The Labute approximate surface area is 740 Å². The molecule has 5 aromatic rings. The first-order valence-electron chi connectivity index (χ1n) is 40.6. The minimum atomic E-state index is -1.96. The van der Waals surface area contributed by atoms with Gasteiger partial charge in [0.05, 0.1) is 37.5 Å². The van der Waals surface area contributed by atoms with Crippen molar-refractivity contribution in [3.8, 4) is 11.5 Å². The lowest BCUT2D eigenvalue weighted by atomic mass is 9.83. The molecule has 674 valence electrons. The maximum atomic E-state index is 15.1. The molecule has 18 N–H and O–H groups in total. The number of esters is 1. The smallest absolute Gasteiger partial charge is 0.409 e. The van der Waals surface area contributed by atoms with Crippen molar-refractivity contribution in [2.24, 2.45) is 23.1 Å². The Kier molecular flexibility index (Phi) is 35.2. The van der Waals surface area contributed by atoms with E-state index in [1.54, 1.807) is 107 Å². The van der Waals surface area contributed by atoms with Gasteiger partial charge in [-0.25, -0.2) is 9.59 Å². The minimum absolute atomic E-state index is 0.0441. The number of aromatic amines is 1. The maximum absolute atomic E-state index is 15.1. The van der Waals surface area contributed by atoms with E-state index in [0.29, 0.717) is 46.0 Å². The van der Waals surface area contributed by atoms with Crippen LogP contribution in [0.15, 0.2) is 121 Å². The zero-order chi connectivity index (χ0) is 90.7. The summed E-state index contributed by atoms with van der Waals surface area (Å²) in [5.41, 5.74) is 19.4. The molecule has 5 heterocycles. The molecule has 4 aliphatic heterocycles. The highest BCUT2D eigenvalue weighted by molar-refractivity contribution is 8.77. The second kappa shape index (κ2) is 44.5. The van der Waals surface area contributed by atoms with Crippen LogP contribution in [0.3, 0.4) is 0 Å². The number of carbonyl (C=O) groups excluding carboxylic acids is 12. The number of aliphatic hydroxyl groups is 2. The number of aromatic hydroxyl groups is 1. The Morgan fingerprint density at radius 2 is 1.52 bits per heavy atom. The number of halogens is 1. The molecule has 34 nitrogen and oxygen atoms in total. The number of epoxide rings is 1. The normalized spacial score (nSPS) is 26.4. The van der Waals surface area contributed by atoms with Gasteiger partial charge in [0.1, 0.15) is 88.8 Å². The van der Waals surface area contributed by atoms with Crippen LogP contribution in [0.4, 0.5) is 10.5 Å². The van der Waals surface area contributed by atoms with Gasteiger partial charge in [-0.15, -0.1) is 0 Å². The van der Waals surface area contributed by atoms with E-state index in [1.807, 2.05) is 19.1 Å². The Balaban J connectivity index is 0.931. The zero-order valence-electron chi connectivity index (χ0n) is 70.9. The highest BCUT2D eigenvalue weighted by Gasteiger charge is 2.65. The van der Waals surface area contributed by atoms with Crippen molar-refractivity contribution in [3.63, 3.8) is 0 Å². The van der Waals surface area contributed by atoms with Gasteiger partial charge in [0.25, 0.3) is 0 Å². The van der Waals surface area contributed by atoms with E-state index < -0.39 is 184 Å². The summed E-state index contributed by atoms with van der Waals surface area (Å²) >= 11 is 6.90. The van der Waals surface area contributed by atoms with Crippen LogP contribution in [0.5, 0.6) is 11.5 Å². The number of nitrogens with two attached hydrogens (primary N) is 3. The van der Waals surface area contributed by atoms with Crippen molar-refractivity contribution < 1.29 is 96.5 Å². The van der Waals surface area contributed by atoms with Gasteiger partial charge in [0.2, 0.25) is 59.1 Å². The summed E-state index contributed by atoms with van der Waals surface area (Å²) in [5.74, 6) is -10.7. The lowest BCUT2D eigenvalue weighted by molar-refractivity contribution is -0.162. The van der Waals surface area contributed by atoms with E-state index in [4.69, 9.17) is 52.5 Å².